The second-order valence-corrected chi connectivity index (χ2v) is 12.0. The molecular weight excluding hydrogens is 349 g/mol. The second-order valence-electron chi connectivity index (χ2n) is 12.0. The number of likely N-dealkylation sites (tertiary alicyclic amines) is 1. The van der Waals surface area contributed by atoms with Crippen molar-refractivity contribution in [3.8, 4) is 0 Å². The Morgan fingerprint density at radius 1 is 0.893 bits per heavy atom. The lowest BCUT2D eigenvalue weighted by Crippen LogP contribution is -2.70. The predicted octanol–water partition coefficient (Wildman–Crippen LogP) is 4.18. The van der Waals surface area contributed by atoms with Crippen molar-refractivity contribution in [2.45, 2.75) is 89.9 Å². The van der Waals surface area contributed by atoms with Gasteiger partial charge in [0.05, 0.1) is 0 Å². The number of nitrogens with zero attached hydrogens (tertiary/aromatic N) is 3. The number of piperazine rings is 1. The Morgan fingerprint density at radius 2 is 1.54 bits per heavy atom. The van der Waals surface area contributed by atoms with Gasteiger partial charge in [0.15, 0.2) is 0 Å². The minimum atomic E-state index is -0.910. The van der Waals surface area contributed by atoms with Crippen LogP contribution in [0.5, 0.6) is 0 Å². The number of halogens is 1. The fraction of sp³-hybridized carbons (Fsp3) is 1.00. The number of hydrogen-bond donors (Lipinski definition) is 0. The van der Waals surface area contributed by atoms with Crippen LogP contribution < -0.4 is 0 Å². The summed E-state index contributed by atoms with van der Waals surface area (Å²) in [6.07, 6.45) is 9.47. The lowest BCUT2D eigenvalue weighted by Gasteiger charge is -2.60. The van der Waals surface area contributed by atoms with Crippen molar-refractivity contribution in [1.29, 1.82) is 0 Å². The molecule has 0 amide bonds. The normalized spacial score (nSPS) is 36.3. The van der Waals surface area contributed by atoms with E-state index in [1.54, 1.807) is 0 Å². The van der Waals surface area contributed by atoms with E-state index >= 15 is 4.39 Å². The van der Waals surface area contributed by atoms with Crippen molar-refractivity contribution in [1.82, 2.24) is 14.7 Å². The first-order valence-corrected chi connectivity index (χ1v) is 12.2. The second kappa shape index (κ2) is 6.92. The number of likely N-dealkylation sites (N-methyl/N-ethyl adjacent to an activating group) is 1. The molecule has 0 aromatic rings. The first kappa shape index (κ1) is 19.8. The van der Waals surface area contributed by atoms with Gasteiger partial charge in [-0.2, -0.15) is 0 Å². The molecule has 6 fully saturated rings. The van der Waals surface area contributed by atoms with E-state index < -0.39 is 5.67 Å². The van der Waals surface area contributed by atoms with Gasteiger partial charge < -0.3 is 9.80 Å². The van der Waals surface area contributed by atoms with Gasteiger partial charge in [0, 0.05) is 51.4 Å². The van der Waals surface area contributed by atoms with Gasteiger partial charge in [-0.05, 0) is 74.7 Å². The smallest absolute Gasteiger partial charge is 0.123 e. The van der Waals surface area contributed by atoms with Crippen LogP contribution in [0, 0.1) is 16.7 Å². The summed E-state index contributed by atoms with van der Waals surface area (Å²) in [5.74, 6) is 0.824. The van der Waals surface area contributed by atoms with E-state index in [-0.39, 0.29) is 0 Å². The molecule has 3 nitrogen and oxygen atoms in total. The number of alkyl halides is 1. The van der Waals surface area contributed by atoms with Crippen LogP contribution in [0.3, 0.4) is 0 Å². The maximum atomic E-state index is 15.7. The summed E-state index contributed by atoms with van der Waals surface area (Å²) in [6, 6.07) is 1.27. The molecule has 2 aliphatic carbocycles. The van der Waals surface area contributed by atoms with Crippen LogP contribution in [-0.4, -0.2) is 78.3 Å². The molecule has 2 unspecified atom stereocenters. The third kappa shape index (κ3) is 3.67. The first-order chi connectivity index (χ1) is 13.3. The standard InChI is InChI=1S/C24H42FN3/c1-4-26-13-20-11-21(14-26)28(20)18-24(25)9-7-23(8-10-24)16-27(17-23)15-22(5-6-22)12-19(2)3/h19-21H,4-18H2,1-3H3. The molecule has 160 valence electrons. The molecule has 0 N–H and O–H groups in total. The average molecular weight is 392 g/mol. The number of hydrogen-bond acceptors (Lipinski definition) is 3. The summed E-state index contributed by atoms with van der Waals surface area (Å²) >= 11 is 0. The highest BCUT2D eigenvalue weighted by Gasteiger charge is 2.54. The monoisotopic (exact) mass is 391 g/mol. The molecule has 0 aromatic carbocycles. The summed E-state index contributed by atoms with van der Waals surface area (Å²) in [4.78, 5) is 7.78. The van der Waals surface area contributed by atoms with Crippen molar-refractivity contribution in [3.63, 3.8) is 0 Å². The minimum Gasteiger partial charge on any atom is -0.302 e. The maximum Gasteiger partial charge on any atom is 0.123 e. The van der Waals surface area contributed by atoms with Crippen LogP contribution in [0.15, 0.2) is 0 Å². The van der Waals surface area contributed by atoms with E-state index in [0.29, 0.717) is 22.9 Å². The van der Waals surface area contributed by atoms with Gasteiger partial charge in [-0.15, -0.1) is 0 Å². The Morgan fingerprint density at radius 3 is 2.07 bits per heavy atom. The molecule has 0 aromatic heterocycles. The third-order valence-electron chi connectivity index (χ3n) is 9.02. The van der Waals surface area contributed by atoms with E-state index in [0.717, 1.165) is 44.7 Å². The van der Waals surface area contributed by atoms with E-state index in [9.17, 15) is 0 Å². The van der Waals surface area contributed by atoms with Crippen LogP contribution in [0.1, 0.15) is 72.1 Å². The molecule has 4 aliphatic heterocycles. The molecule has 2 saturated carbocycles. The number of rotatable bonds is 7. The van der Waals surface area contributed by atoms with Gasteiger partial charge in [0.2, 0.25) is 0 Å². The Bertz CT molecular complexity index is 558. The Kier molecular flexibility index (Phi) is 4.88. The fourth-order valence-electron chi connectivity index (χ4n) is 7.28. The van der Waals surface area contributed by atoms with Crippen LogP contribution in [-0.2, 0) is 0 Å². The maximum absolute atomic E-state index is 15.7. The lowest BCUT2D eigenvalue weighted by molar-refractivity contribution is -0.120. The largest absolute Gasteiger partial charge is 0.302 e. The Balaban J connectivity index is 1.08. The van der Waals surface area contributed by atoms with Gasteiger partial charge >= 0.3 is 0 Å². The van der Waals surface area contributed by atoms with E-state index in [1.165, 1.54) is 58.4 Å². The summed E-state index contributed by atoms with van der Waals surface area (Å²) in [6.45, 7) is 15.0. The Labute approximate surface area is 172 Å². The summed E-state index contributed by atoms with van der Waals surface area (Å²) in [5, 5.41) is 0. The number of piperidine rings is 1. The van der Waals surface area contributed by atoms with E-state index in [4.69, 9.17) is 0 Å². The molecule has 6 aliphatic rings. The topological polar surface area (TPSA) is 9.72 Å². The van der Waals surface area contributed by atoms with E-state index in [1.807, 2.05) is 0 Å². The van der Waals surface area contributed by atoms with Crippen molar-refractivity contribution in [2.75, 3.05) is 45.8 Å². The quantitative estimate of drug-likeness (QED) is 0.645. The molecule has 4 heteroatoms. The molecular formula is C24H42FN3. The molecule has 6 rings (SSSR count). The van der Waals surface area contributed by atoms with Crippen molar-refractivity contribution in [3.05, 3.63) is 0 Å². The van der Waals surface area contributed by atoms with Crippen LogP contribution in [0.4, 0.5) is 4.39 Å². The zero-order chi connectivity index (χ0) is 19.6. The van der Waals surface area contributed by atoms with Crippen molar-refractivity contribution >= 4 is 0 Å². The highest BCUT2D eigenvalue weighted by Crippen LogP contribution is 2.55. The highest BCUT2D eigenvalue weighted by molar-refractivity contribution is 5.08. The van der Waals surface area contributed by atoms with Crippen LogP contribution in [0.2, 0.25) is 0 Å². The molecule has 4 saturated heterocycles. The summed E-state index contributed by atoms with van der Waals surface area (Å²) in [7, 11) is 0. The molecule has 2 atom stereocenters. The fourth-order valence-corrected chi connectivity index (χ4v) is 7.28. The summed E-state index contributed by atoms with van der Waals surface area (Å²) < 4.78 is 15.7. The predicted molar refractivity (Wildman–Crippen MR) is 113 cm³/mol. The number of fused-ring (bicyclic) bond motifs is 2. The van der Waals surface area contributed by atoms with Crippen LogP contribution >= 0.6 is 0 Å². The Hall–Kier alpha value is -0.190. The minimum absolute atomic E-state index is 0.466. The van der Waals surface area contributed by atoms with Crippen LogP contribution in [0.25, 0.3) is 0 Å². The van der Waals surface area contributed by atoms with Gasteiger partial charge in [-0.25, -0.2) is 4.39 Å². The first-order valence-electron chi connectivity index (χ1n) is 12.2. The molecule has 2 bridgehead atoms. The summed E-state index contributed by atoms with van der Waals surface area (Å²) in [5.41, 5.74) is 0.204. The average Bonchev–Trinajstić information content (AvgIpc) is 3.39. The SMILES string of the molecule is CCN1CC2CC(C1)N2CC1(F)CCC2(CC1)CN(CC1(CC(C)C)CC1)C2. The molecule has 4 heterocycles. The zero-order valence-electron chi connectivity index (χ0n) is 18.6. The lowest BCUT2D eigenvalue weighted by atomic mass is 9.64. The van der Waals surface area contributed by atoms with Gasteiger partial charge in [-0.1, -0.05) is 20.8 Å². The zero-order valence-corrected chi connectivity index (χ0v) is 18.6. The highest BCUT2D eigenvalue weighted by atomic mass is 19.1. The molecule has 0 radical (unpaired) electrons. The van der Waals surface area contributed by atoms with Gasteiger partial charge in [0.25, 0.3) is 0 Å². The molecule has 1 spiro atoms. The van der Waals surface area contributed by atoms with E-state index in [2.05, 4.69) is 35.5 Å². The van der Waals surface area contributed by atoms with Crippen molar-refractivity contribution < 1.29 is 4.39 Å². The van der Waals surface area contributed by atoms with Crippen molar-refractivity contribution in [2.24, 2.45) is 16.7 Å². The molecule has 28 heavy (non-hydrogen) atoms. The third-order valence-corrected chi connectivity index (χ3v) is 9.02. The van der Waals surface area contributed by atoms with Gasteiger partial charge in [0.1, 0.15) is 5.67 Å². The van der Waals surface area contributed by atoms with Gasteiger partial charge in [-0.3, -0.25) is 4.90 Å².